The number of carbonyl (C=O) groups excluding carboxylic acids is 4. The van der Waals surface area contributed by atoms with E-state index in [9.17, 15) is 24.3 Å². The minimum Gasteiger partial charge on any atom is -0.466 e. The second-order valence-electron chi connectivity index (χ2n) is 8.72. The summed E-state index contributed by atoms with van der Waals surface area (Å²) in [6.07, 6.45) is 3.75. The maximum absolute atomic E-state index is 13.1. The van der Waals surface area contributed by atoms with Crippen molar-refractivity contribution in [3.8, 4) is 0 Å². The number of likely N-dealkylation sites (tertiary alicyclic amines) is 2. The molecule has 0 spiro atoms. The van der Waals surface area contributed by atoms with Gasteiger partial charge in [0.25, 0.3) is 17.7 Å². The molecule has 10 nitrogen and oxygen atoms in total. The third-order valence-corrected chi connectivity index (χ3v) is 6.44. The van der Waals surface area contributed by atoms with E-state index < -0.39 is 11.9 Å². The van der Waals surface area contributed by atoms with E-state index in [2.05, 4.69) is 5.32 Å². The first kappa shape index (κ1) is 23.7. The number of methoxy groups -OCH3 is 1. The molecule has 2 N–H and O–H groups in total. The van der Waals surface area contributed by atoms with Gasteiger partial charge in [0.2, 0.25) is 0 Å². The number of aliphatic hydroxyl groups is 1. The van der Waals surface area contributed by atoms with Crippen molar-refractivity contribution >= 4 is 29.4 Å². The number of carbonyl (C=O) groups is 4. The molecule has 182 valence electrons. The van der Waals surface area contributed by atoms with Gasteiger partial charge in [-0.15, -0.1) is 0 Å². The summed E-state index contributed by atoms with van der Waals surface area (Å²) in [5, 5.41) is 12.3. The molecule has 4 rings (SSSR count). The van der Waals surface area contributed by atoms with Crippen molar-refractivity contribution in [1.82, 2.24) is 14.7 Å². The lowest BCUT2D eigenvalue weighted by atomic mass is 10.1. The number of aliphatic hydroxyl groups excluding tert-OH is 1. The average molecular weight is 471 g/mol. The largest absolute Gasteiger partial charge is 0.466 e. The smallest absolute Gasteiger partial charge is 0.337 e. The van der Waals surface area contributed by atoms with E-state index in [0.717, 1.165) is 25.7 Å². The lowest BCUT2D eigenvalue weighted by molar-refractivity contribution is -0.136. The van der Waals surface area contributed by atoms with E-state index >= 15 is 0 Å². The molecule has 0 unspecified atom stereocenters. The van der Waals surface area contributed by atoms with Crippen LogP contribution >= 0.6 is 0 Å². The Bertz CT molecular complexity index is 978. The third kappa shape index (κ3) is 4.77. The number of nitrogens with zero attached hydrogens (tertiary/aromatic N) is 3. The Hall–Kier alpha value is -3.40. The van der Waals surface area contributed by atoms with Crippen molar-refractivity contribution in [2.75, 3.05) is 58.3 Å². The van der Waals surface area contributed by atoms with Crippen LogP contribution in [-0.4, -0.2) is 96.5 Å². The highest BCUT2D eigenvalue weighted by Gasteiger charge is 2.35. The van der Waals surface area contributed by atoms with Crippen LogP contribution in [0.3, 0.4) is 0 Å². The lowest BCUT2D eigenvalue weighted by Crippen LogP contribution is -2.31. The first-order valence-corrected chi connectivity index (χ1v) is 11.6. The zero-order valence-corrected chi connectivity index (χ0v) is 19.3. The zero-order valence-electron chi connectivity index (χ0n) is 19.3. The summed E-state index contributed by atoms with van der Waals surface area (Å²) in [4.78, 5) is 56.4. The van der Waals surface area contributed by atoms with Gasteiger partial charge in [-0.3, -0.25) is 14.4 Å². The predicted octanol–water partition coefficient (Wildman–Crippen LogP) is 0.832. The number of anilines is 1. The monoisotopic (exact) mass is 470 g/mol. The standard InChI is InChI=1S/C24H30N4O6/c1-34-24(33)19-15-28(10-11-29)23(32)20(19)25-18-13-16(21(30)26-6-2-3-7-26)12-17(14-18)22(31)27-8-4-5-9-27/h12-14,25,29H,2-11,15H2,1H3. The predicted molar refractivity (Wildman–Crippen MR) is 123 cm³/mol. The number of amides is 3. The Labute approximate surface area is 198 Å². The first-order valence-electron chi connectivity index (χ1n) is 11.6. The Morgan fingerprint density at radius 1 is 0.941 bits per heavy atom. The molecule has 34 heavy (non-hydrogen) atoms. The fourth-order valence-corrected chi connectivity index (χ4v) is 4.65. The fraction of sp³-hybridized carbons (Fsp3) is 0.500. The molecule has 0 aromatic heterocycles. The summed E-state index contributed by atoms with van der Waals surface area (Å²) in [7, 11) is 1.23. The van der Waals surface area contributed by atoms with Gasteiger partial charge in [0, 0.05) is 49.5 Å². The van der Waals surface area contributed by atoms with Gasteiger partial charge in [0.1, 0.15) is 5.70 Å². The molecule has 2 saturated heterocycles. The number of nitrogens with one attached hydrogen (secondary N) is 1. The number of esters is 1. The van der Waals surface area contributed by atoms with Gasteiger partial charge in [-0.2, -0.15) is 0 Å². The minimum atomic E-state index is -0.658. The highest BCUT2D eigenvalue weighted by atomic mass is 16.5. The van der Waals surface area contributed by atoms with Crippen LogP contribution in [0.2, 0.25) is 0 Å². The van der Waals surface area contributed by atoms with E-state index in [-0.39, 0.29) is 42.8 Å². The number of benzene rings is 1. The molecule has 3 heterocycles. The number of hydrogen-bond acceptors (Lipinski definition) is 7. The van der Waals surface area contributed by atoms with Gasteiger partial charge < -0.3 is 29.9 Å². The maximum atomic E-state index is 13.1. The van der Waals surface area contributed by atoms with Gasteiger partial charge in [0.05, 0.1) is 25.8 Å². The van der Waals surface area contributed by atoms with Crippen LogP contribution in [0.1, 0.15) is 46.4 Å². The average Bonchev–Trinajstić information content (AvgIpc) is 3.62. The highest BCUT2D eigenvalue weighted by molar-refractivity contribution is 6.09. The molecule has 3 aliphatic rings. The molecule has 0 aliphatic carbocycles. The van der Waals surface area contributed by atoms with Crippen molar-refractivity contribution in [3.05, 3.63) is 40.6 Å². The molecule has 3 amide bonds. The number of rotatable bonds is 7. The van der Waals surface area contributed by atoms with Crippen molar-refractivity contribution in [2.45, 2.75) is 25.7 Å². The van der Waals surface area contributed by atoms with Gasteiger partial charge in [-0.25, -0.2) is 4.79 Å². The fourth-order valence-electron chi connectivity index (χ4n) is 4.65. The second-order valence-corrected chi connectivity index (χ2v) is 8.72. The molecule has 0 saturated carbocycles. The van der Waals surface area contributed by atoms with Gasteiger partial charge in [-0.1, -0.05) is 0 Å². The van der Waals surface area contributed by atoms with Crippen LogP contribution in [0.15, 0.2) is 29.5 Å². The normalized spacial score (nSPS) is 18.2. The van der Waals surface area contributed by atoms with Crippen molar-refractivity contribution < 1.29 is 29.0 Å². The van der Waals surface area contributed by atoms with E-state index in [4.69, 9.17) is 4.74 Å². The lowest BCUT2D eigenvalue weighted by Gasteiger charge is -2.20. The van der Waals surface area contributed by atoms with Crippen LogP contribution in [0.4, 0.5) is 5.69 Å². The molecule has 0 bridgehead atoms. The Kier molecular flexibility index (Phi) is 7.16. The molecule has 3 aliphatic heterocycles. The van der Waals surface area contributed by atoms with Crippen molar-refractivity contribution in [2.24, 2.45) is 0 Å². The molecule has 2 fully saturated rings. The zero-order chi connectivity index (χ0) is 24.2. The molecular weight excluding hydrogens is 440 g/mol. The van der Waals surface area contributed by atoms with Gasteiger partial charge in [0.15, 0.2) is 0 Å². The van der Waals surface area contributed by atoms with E-state index in [1.807, 2.05) is 0 Å². The van der Waals surface area contributed by atoms with Crippen molar-refractivity contribution in [1.29, 1.82) is 0 Å². The van der Waals surface area contributed by atoms with Crippen LogP contribution in [0.25, 0.3) is 0 Å². The van der Waals surface area contributed by atoms with Crippen LogP contribution in [0.5, 0.6) is 0 Å². The second kappa shape index (κ2) is 10.3. The summed E-state index contributed by atoms with van der Waals surface area (Å²) in [5.41, 5.74) is 1.22. The molecule has 1 aromatic carbocycles. The summed E-state index contributed by atoms with van der Waals surface area (Å²) >= 11 is 0. The molecule has 0 atom stereocenters. The van der Waals surface area contributed by atoms with E-state index in [1.165, 1.54) is 12.0 Å². The molecule has 1 aromatic rings. The summed E-state index contributed by atoms with van der Waals surface area (Å²) < 4.78 is 4.84. The third-order valence-electron chi connectivity index (χ3n) is 6.44. The topological polar surface area (TPSA) is 119 Å². The summed E-state index contributed by atoms with van der Waals surface area (Å²) in [5.74, 6) is -1.45. The summed E-state index contributed by atoms with van der Waals surface area (Å²) in [6.45, 7) is 2.48. The van der Waals surface area contributed by atoms with Crippen LogP contribution in [-0.2, 0) is 14.3 Å². The van der Waals surface area contributed by atoms with Crippen molar-refractivity contribution in [3.63, 3.8) is 0 Å². The molecular formula is C24H30N4O6. The first-order chi connectivity index (χ1) is 16.4. The van der Waals surface area contributed by atoms with Crippen LogP contribution < -0.4 is 5.32 Å². The number of β-amino-alcohol motifs (C(OH)–C–C–N with tert-alkyl or cyclic N) is 1. The van der Waals surface area contributed by atoms with E-state index in [0.29, 0.717) is 43.0 Å². The Balaban J connectivity index is 1.70. The maximum Gasteiger partial charge on any atom is 0.337 e. The van der Waals surface area contributed by atoms with Gasteiger partial charge in [-0.05, 0) is 43.9 Å². The van der Waals surface area contributed by atoms with Gasteiger partial charge >= 0.3 is 5.97 Å². The molecule has 10 heteroatoms. The van der Waals surface area contributed by atoms with Crippen LogP contribution in [0, 0.1) is 0 Å². The van der Waals surface area contributed by atoms with E-state index in [1.54, 1.807) is 28.0 Å². The minimum absolute atomic E-state index is 0.000362. The Morgan fingerprint density at radius 2 is 1.47 bits per heavy atom. The quantitative estimate of drug-likeness (QED) is 0.567. The SMILES string of the molecule is COC(=O)C1=C(Nc2cc(C(=O)N3CCCC3)cc(C(=O)N3CCCC3)c2)C(=O)N(CCO)C1. The Morgan fingerprint density at radius 3 is 1.94 bits per heavy atom. The highest BCUT2D eigenvalue weighted by Crippen LogP contribution is 2.26. The number of ether oxygens (including phenoxy) is 1. The summed E-state index contributed by atoms with van der Waals surface area (Å²) in [6, 6.07) is 4.81. The number of hydrogen-bond donors (Lipinski definition) is 2. The molecule has 0 radical (unpaired) electrons.